The Morgan fingerprint density at radius 1 is 1.22 bits per heavy atom. The minimum Gasteiger partial charge on any atom is -0.328 e. The lowest BCUT2D eigenvalue weighted by Gasteiger charge is -2.34. The van der Waals surface area contributed by atoms with Crippen LogP contribution >= 0.6 is 34.0 Å². The number of hydrogen-bond donors (Lipinski definition) is 0. The number of rotatable bonds is 3. The molecule has 0 spiro atoms. The average molecular weight is 362 g/mol. The maximum atomic E-state index is 12.9. The first kappa shape index (κ1) is 15.0. The first-order valence-electron chi connectivity index (χ1n) is 7.52. The van der Waals surface area contributed by atoms with Gasteiger partial charge in [-0.1, -0.05) is 6.07 Å². The maximum absolute atomic E-state index is 12.9. The van der Waals surface area contributed by atoms with Gasteiger partial charge in [0.25, 0.3) is 5.91 Å². The molecule has 0 radical (unpaired) electrons. The number of carbonyl (C=O) groups is 1. The molecule has 1 aliphatic heterocycles. The van der Waals surface area contributed by atoms with E-state index in [4.69, 9.17) is 0 Å². The second-order valence-corrected chi connectivity index (χ2v) is 8.13. The Morgan fingerprint density at radius 2 is 2.17 bits per heavy atom. The summed E-state index contributed by atoms with van der Waals surface area (Å²) >= 11 is 4.81. The van der Waals surface area contributed by atoms with Crippen molar-refractivity contribution in [2.45, 2.75) is 25.3 Å². The zero-order valence-electron chi connectivity index (χ0n) is 12.3. The van der Waals surface area contributed by atoms with Crippen molar-refractivity contribution in [3.05, 3.63) is 45.2 Å². The largest absolute Gasteiger partial charge is 0.328 e. The van der Waals surface area contributed by atoms with Gasteiger partial charge in [-0.05, 0) is 30.7 Å². The minimum atomic E-state index is 0.0314. The predicted molar refractivity (Wildman–Crippen MR) is 95.2 cm³/mol. The highest BCUT2D eigenvalue weighted by Crippen LogP contribution is 2.34. The van der Waals surface area contributed by atoms with Crippen LogP contribution in [0, 0.1) is 0 Å². The Kier molecular flexibility index (Phi) is 4.24. The molecule has 0 saturated carbocycles. The van der Waals surface area contributed by atoms with Crippen LogP contribution in [0.25, 0.3) is 9.88 Å². The van der Waals surface area contributed by atoms with Crippen molar-refractivity contribution < 1.29 is 4.79 Å². The molecule has 3 aromatic rings. The summed E-state index contributed by atoms with van der Waals surface area (Å²) in [4.78, 5) is 25.0. The van der Waals surface area contributed by atoms with Crippen LogP contribution in [0.5, 0.6) is 0 Å². The normalized spacial score (nSPS) is 18.3. The molecule has 1 fully saturated rings. The van der Waals surface area contributed by atoms with Gasteiger partial charge < -0.3 is 4.90 Å². The van der Waals surface area contributed by atoms with Gasteiger partial charge in [-0.25, -0.2) is 9.97 Å². The van der Waals surface area contributed by atoms with Gasteiger partial charge in [0, 0.05) is 23.5 Å². The Hall–Kier alpha value is -1.57. The summed E-state index contributed by atoms with van der Waals surface area (Å²) < 4.78 is 0. The van der Waals surface area contributed by atoms with Crippen molar-refractivity contribution in [1.82, 2.24) is 14.9 Å². The van der Waals surface area contributed by atoms with Gasteiger partial charge in [-0.2, -0.15) is 0 Å². The highest BCUT2D eigenvalue weighted by atomic mass is 32.1. The lowest BCUT2D eigenvalue weighted by molar-refractivity contribution is 0.0606. The van der Waals surface area contributed by atoms with Gasteiger partial charge in [0.05, 0.1) is 10.9 Å². The third kappa shape index (κ3) is 2.96. The van der Waals surface area contributed by atoms with Gasteiger partial charge in [0.1, 0.15) is 15.7 Å². The van der Waals surface area contributed by atoms with Crippen molar-refractivity contribution in [1.29, 1.82) is 0 Å². The number of amides is 1. The summed E-state index contributed by atoms with van der Waals surface area (Å²) in [5.74, 6) is 0.0314. The predicted octanol–water partition coefficient (Wildman–Crippen LogP) is 4.70. The van der Waals surface area contributed by atoms with Crippen LogP contribution in [0.3, 0.4) is 0 Å². The monoisotopic (exact) mass is 361 g/mol. The first-order chi connectivity index (χ1) is 11.3. The van der Waals surface area contributed by atoms with E-state index in [1.165, 1.54) is 11.3 Å². The second-order valence-electron chi connectivity index (χ2n) is 5.40. The molecule has 0 aromatic carbocycles. The molecule has 0 bridgehead atoms. The zero-order valence-corrected chi connectivity index (χ0v) is 14.8. The van der Waals surface area contributed by atoms with E-state index >= 15 is 0 Å². The van der Waals surface area contributed by atoms with Crippen LogP contribution in [-0.2, 0) is 0 Å². The summed E-state index contributed by atoms with van der Waals surface area (Å²) in [6.45, 7) is 0.787. The molecule has 3 aromatic heterocycles. The highest BCUT2D eigenvalue weighted by molar-refractivity contribution is 7.20. The van der Waals surface area contributed by atoms with E-state index < -0.39 is 0 Å². The van der Waals surface area contributed by atoms with E-state index in [9.17, 15) is 4.79 Å². The van der Waals surface area contributed by atoms with Crippen molar-refractivity contribution in [2.75, 3.05) is 6.54 Å². The van der Waals surface area contributed by atoms with Gasteiger partial charge >= 0.3 is 0 Å². The second kappa shape index (κ2) is 6.51. The van der Waals surface area contributed by atoms with Crippen LogP contribution in [0.15, 0.2) is 34.5 Å². The highest BCUT2D eigenvalue weighted by Gasteiger charge is 2.31. The van der Waals surface area contributed by atoms with E-state index in [0.29, 0.717) is 5.69 Å². The molecular weight excluding hydrogens is 346 g/mol. The molecule has 118 valence electrons. The number of likely N-dealkylation sites (tertiary alicyclic amines) is 1. The third-order valence-corrected chi connectivity index (χ3v) is 6.71. The summed E-state index contributed by atoms with van der Waals surface area (Å²) in [5.41, 5.74) is 0.557. The first-order valence-corrected chi connectivity index (χ1v) is 10.2. The molecule has 1 amide bonds. The summed E-state index contributed by atoms with van der Waals surface area (Å²) in [6, 6.07) is 4.14. The molecule has 1 atom stereocenters. The average Bonchev–Trinajstić information content (AvgIpc) is 3.35. The summed E-state index contributed by atoms with van der Waals surface area (Å²) in [5, 5.41) is 7.84. The van der Waals surface area contributed by atoms with Crippen molar-refractivity contribution in [2.24, 2.45) is 0 Å². The molecule has 23 heavy (non-hydrogen) atoms. The Morgan fingerprint density at radius 3 is 2.96 bits per heavy atom. The number of thiophene rings is 1. The lowest BCUT2D eigenvalue weighted by atomic mass is 10.0. The number of piperidine rings is 1. The van der Waals surface area contributed by atoms with E-state index in [1.54, 1.807) is 22.7 Å². The standard InChI is InChI=1S/C16H15N3OS3/c20-16(11-10-23-15(18-11)13-5-3-8-21-13)19-7-2-1-4-12(19)14-17-6-9-22-14/h3,5-6,8-10,12H,1-2,4,7H2/t12-/m1/s1. The minimum absolute atomic E-state index is 0.0314. The topological polar surface area (TPSA) is 46.1 Å². The molecule has 0 N–H and O–H groups in total. The summed E-state index contributed by atoms with van der Waals surface area (Å²) in [6.07, 6.45) is 5.00. The number of thiazole rings is 2. The Bertz CT molecular complexity index is 779. The van der Waals surface area contributed by atoms with Crippen LogP contribution < -0.4 is 0 Å². The van der Waals surface area contributed by atoms with E-state index in [0.717, 1.165) is 40.7 Å². The third-order valence-electron chi connectivity index (χ3n) is 3.96. The van der Waals surface area contributed by atoms with Gasteiger partial charge in [-0.3, -0.25) is 4.79 Å². The Balaban J connectivity index is 1.60. The molecule has 0 aliphatic carbocycles. The summed E-state index contributed by atoms with van der Waals surface area (Å²) in [7, 11) is 0. The molecule has 4 nitrogen and oxygen atoms in total. The maximum Gasteiger partial charge on any atom is 0.273 e. The number of aromatic nitrogens is 2. The number of hydrogen-bond acceptors (Lipinski definition) is 6. The van der Waals surface area contributed by atoms with Crippen molar-refractivity contribution >= 4 is 39.9 Å². The molecule has 4 rings (SSSR count). The zero-order chi connectivity index (χ0) is 15.6. The fraction of sp³-hybridized carbons (Fsp3) is 0.312. The molecular formula is C16H15N3OS3. The lowest BCUT2D eigenvalue weighted by Crippen LogP contribution is -2.38. The molecule has 1 saturated heterocycles. The molecule has 4 heterocycles. The van der Waals surface area contributed by atoms with E-state index in [1.807, 2.05) is 39.4 Å². The molecule has 0 unspecified atom stereocenters. The Labute approximate surface area is 146 Å². The van der Waals surface area contributed by atoms with Crippen LogP contribution in [0.2, 0.25) is 0 Å². The molecule has 7 heteroatoms. The fourth-order valence-electron chi connectivity index (χ4n) is 2.86. The number of nitrogens with zero attached hydrogens (tertiary/aromatic N) is 3. The van der Waals surface area contributed by atoms with Crippen LogP contribution in [-0.4, -0.2) is 27.3 Å². The van der Waals surface area contributed by atoms with Crippen LogP contribution in [0.1, 0.15) is 40.8 Å². The SMILES string of the molecule is O=C(c1csc(-c2cccs2)n1)N1CCCC[C@@H]1c1nccs1. The van der Waals surface area contributed by atoms with Crippen molar-refractivity contribution in [3.63, 3.8) is 0 Å². The quantitative estimate of drug-likeness (QED) is 0.679. The van der Waals surface area contributed by atoms with E-state index in [2.05, 4.69) is 9.97 Å². The smallest absolute Gasteiger partial charge is 0.273 e. The van der Waals surface area contributed by atoms with Gasteiger partial charge in [0.2, 0.25) is 0 Å². The van der Waals surface area contributed by atoms with Crippen LogP contribution in [0.4, 0.5) is 0 Å². The van der Waals surface area contributed by atoms with Crippen molar-refractivity contribution in [3.8, 4) is 9.88 Å². The molecule has 1 aliphatic rings. The number of carbonyl (C=O) groups excluding carboxylic acids is 1. The fourth-order valence-corrected chi connectivity index (χ4v) is 5.26. The van der Waals surface area contributed by atoms with Gasteiger partial charge in [-0.15, -0.1) is 34.0 Å². The van der Waals surface area contributed by atoms with Gasteiger partial charge in [0.15, 0.2) is 0 Å². The van der Waals surface area contributed by atoms with E-state index in [-0.39, 0.29) is 11.9 Å².